The lowest BCUT2D eigenvalue weighted by Gasteiger charge is -2.25. The van der Waals surface area contributed by atoms with Crippen LogP contribution >= 0.6 is 0 Å². The number of carbonyl (C=O) groups excluding carboxylic acids is 2. The van der Waals surface area contributed by atoms with Crippen molar-refractivity contribution in [3.63, 3.8) is 0 Å². The second-order valence-electron chi connectivity index (χ2n) is 7.36. The van der Waals surface area contributed by atoms with Gasteiger partial charge in [0.05, 0.1) is 7.11 Å². The molecule has 1 amide bonds. The van der Waals surface area contributed by atoms with E-state index in [0.29, 0.717) is 47.3 Å². The fourth-order valence-electron chi connectivity index (χ4n) is 3.65. The molecule has 0 aliphatic heterocycles. The van der Waals surface area contributed by atoms with Crippen molar-refractivity contribution in [2.24, 2.45) is 0 Å². The van der Waals surface area contributed by atoms with Crippen LogP contribution in [0.15, 0.2) is 30.3 Å². The Hall–Kier alpha value is -3.23. The summed E-state index contributed by atoms with van der Waals surface area (Å²) in [5, 5.41) is 2.63. The molecule has 0 radical (unpaired) electrons. The smallest absolute Gasteiger partial charge is 0.496 e. The fourth-order valence-corrected chi connectivity index (χ4v) is 3.65. The molecule has 6 nitrogen and oxygen atoms in total. The molecule has 0 aromatic heterocycles. The Morgan fingerprint density at radius 3 is 2.36 bits per heavy atom. The first-order chi connectivity index (χ1) is 15.6. The van der Waals surface area contributed by atoms with E-state index < -0.39 is 12.5 Å². The number of hydrogen-bond acceptors (Lipinski definition) is 5. The second kappa shape index (κ2) is 11.6. The van der Waals surface area contributed by atoms with E-state index in [1.165, 1.54) is 31.4 Å². The topological polar surface area (TPSA) is 73.9 Å². The maximum Gasteiger partial charge on any atom is 0.573 e. The summed E-state index contributed by atoms with van der Waals surface area (Å²) in [6, 6.07) is 7.30. The maximum atomic E-state index is 12.5. The quantitative estimate of drug-likeness (QED) is 0.344. The van der Waals surface area contributed by atoms with Crippen molar-refractivity contribution in [2.45, 2.75) is 59.0 Å². The third-order valence-electron chi connectivity index (χ3n) is 5.05. The lowest BCUT2D eigenvalue weighted by Crippen LogP contribution is -2.18. The van der Waals surface area contributed by atoms with Gasteiger partial charge in [0.15, 0.2) is 0 Å². The number of halogens is 3. The minimum atomic E-state index is -4.78. The summed E-state index contributed by atoms with van der Waals surface area (Å²) in [7, 11) is 1.49. The Labute approximate surface area is 191 Å². The van der Waals surface area contributed by atoms with Gasteiger partial charge in [-0.15, -0.1) is 13.2 Å². The number of alkyl halides is 3. The van der Waals surface area contributed by atoms with Crippen molar-refractivity contribution < 1.29 is 37.0 Å². The normalized spacial score (nSPS) is 12.1. The molecule has 0 spiro atoms. The van der Waals surface area contributed by atoms with E-state index in [0.717, 1.165) is 5.56 Å². The van der Waals surface area contributed by atoms with E-state index in [-0.39, 0.29) is 24.7 Å². The molecule has 0 saturated carbocycles. The number of amides is 1. The largest absolute Gasteiger partial charge is 0.573 e. The van der Waals surface area contributed by atoms with Crippen molar-refractivity contribution in [1.29, 1.82) is 0 Å². The molecule has 1 N–H and O–H groups in total. The van der Waals surface area contributed by atoms with E-state index in [1.54, 1.807) is 0 Å². The Bertz CT molecular complexity index is 958. The Morgan fingerprint density at radius 1 is 1.18 bits per heavy atom. The van der Waals surface area contributed by atoms with Crippen LogP contribution in [0.2, 0.25) is 0 Å². The lowest BCUT2D eigenvalue weighted by molar-refractivity contribution is -0.274. The molecule has 0 bridgehead atoms. The highest BCUT2D eigenvalue weighted by molar-refractivity contribution is 5.74. The molecule has 2 aromatic carbocycles. The van der Waals surface area contributed by atoms with Crippen molar-refractivity contribution in [2.75, 3.05) is 7.11 Å². The molecule has 0 aliphatic rings. The minimum absolute atomic E-state index is 0.152. The molecule has 1 unspecified atom stereocenters. The van der Waals surface area contributed by atoms with Crippen molar-refractivity contribution in [3.8, 4) is 22.6 Å². The van der Waals surface area contributed by atoms with Crippen LogP contribution in [-0.4, -0.2) is 25.9 Å². The predicted octanol–water partition coefficient (Wildman–Crippen LogP) is 5.61. The number of hydrogen-bond donors (Lipinski definition) is 1. The van der Waals surface area contributed by atoms with Gasteiger partial charge in [-0.1, -0.05) is 26.0 Å². The van der Waals surface area contributed by atoms with Crippen LogP contribution in [0.4, 0.5) is 13.2 Å². The molecule has 2 aromatic rings. The SMILES string of the molecule is CCCC(=O)OC(CC)c1c(CNC=O)cc(-c2ccc(OC(F)(F)F)cc2)c(C)c1OC. The van der Waals surface area contributed by atoms with Gasteiger partial charge in [0, 0.05) is 18.5 Å². The van der Waals surface area contributed by atoms with Crippen LogP contribution in [0.1, 0.15) is 55.9 Å². The number of methoxy groups -OCH3 is 1. The van der Waals surface area contributed by atoms with E-state index in [4.69, 9.17) is 9.47 Å². The van der Waals surface area contributed by atoms with E-state index in [1.807, 2.05) is 26.8 Å². The third-order valence-corrected chi connectivity index (χ3v) is 5.05. The summed E-state index contributed by atoms with van der Waals surface area (Å²) in [6.45, 7) is 5.73. The van der Waals surface area contributed by atoms with Gasteiger partial charge in [0.25, 0.3) is 0 Å². The van der Waals surface area contributed by atoms with Crippen LogP contribution < -0.4 is 14.8 Å². The van der Waals surface area contributed by atoms with Gasteiger partial charge in [-0.2, -0.15) is 0 Å². The van der Waals surface area contributed by atoms with Crippen molar-refractivity contribution in [1.82, 2.24) is 5.32 Å². The first-order valence-corrected chi connectivity index (χ1v) is 10.6. The summed E-state index contributed by atoms with van der Waals surface area (Å²) in [5.74, 6) is -0.172. The zero-order valence-corrected chi connectivity index (χ0v) is 19.0. The standard InChI is InChI=1S/C24H28F3NO5/c1-5-7-21(30)32-20(6-2)22-17(13-28-14-29)12-19(15(3)23(22)31-4)16-8-10-18(11-9-16)33-24(25,26)27/h8-12,14,20H,5-7,13H2,1-4H3,(H,28,29). The molecule has 9 heteroatoms. The molecule has 180 valence electrons. The number of ether oxygens (including phenoxy) is 3. The Morgan fingerprint density at radius 2 is 1.85 bits per heavy atom. The Kier molecular flexibility index (Phi) is 9.13. The number of rotatable bonds is 11. The molecule has 1 atom stereocenters. The van der Waals surface area contributed by atoms with Crippen molar-refractivity contribution >= 4 is 12.4 Å². The van der Waals surface area contributed by atoms with Crippen LogP contribution in [0.5, 0.6) is 11.5 Å². The summed E-state index contributed by atoms with van der Waals surface area (Å²) in [4.78, 5) is 23.2. The van der Waals surface area contributed by atoms with Gasteiger partial charge >= 0.3 is 12.3 Å². The first-order valence-electron chi connectivity index (χ1n) is 10.6. The summed E-state index contributed by atoms with van der Waals surface area (Å²) in [5.41, 5.74) is 3.38. The zero-order chi connectivity index (χ0) is 24.6. The number of esters is 1. The molecule has 0 aliphatic carbocycles. The highest BCUT2D eigenvalue weighted by Gasteiger charge is 2.31. The van der Waals surface area contributed by atoms with Gasteiger partial charge in [0.1, 0.15) is 17.6 Å². The summed E-state index contributed by atoms with van der Waals surface area (Å²) in [6.07, 6.45) is -3.38. The molecule has 33 heavy (non-hydrogen) atoms. The third kappa shape index (κ3) is 6.87. The van der Waals surface area contributed by atoms with Crippen LogP contribution in [0.3, 0.4) is 0 Å². The first kappa shape index (κ1) is 26.0. The number of carbonyl (C=O) groups is 2. The van der Waals surface area contributed by atoms with Gasteiger partial charge in [0.2, 0.25) is 6.41 Å². The second-order valence-corrected chi connectivity index (χ2v) is 7.36. The molecule has 0 saturated heterocycles. The minimum Gasteiger partial charge on any atom is -0.496 e. The average Bonchev–Trinajstić information content (AvgIpc) is 2.76. The Balaban J connectivity index is 2.58. The van der Waals surface area contributed by atoms with Crippen LogP contribution in [-0.2, 0) is 20.9 Å². The maximum absolute atomic E-state index is 12.5. The zero-order valence-electron chi connectivity index (χ0n) is 19.0. The average molecular weight is 467 g/mol. The highest BCUT2D eigenvalue weighted by atomic mass is 19.4. The number of benzene rings is 2. The lowest BCUT2D eigenvalue weighted by atomic mass is 9.90. The molecule has 2 rings (SSSR count). The monoisotopic (exact) mass is 467 g/mol. The fraction of sp³-hybridized carbons (Fsp3) is 0.417. The van der Waals surface area contributed by atoms with E-state index in [9.17, 15) is 22.8 Å². The molecule has 0 fully saturated rings. The molecular formula is C24H28F3NO5. The number of nitrogens with one attached hydrogen (secondary N) is 1. The molecular weight excluding hydrogens is 439 g/mol. The van der Waals surface area contributed by atoms with E-state index in [2.05, 4.69) is 10.1 Å². The van der Waals surface area contributed by atoms with Gasteiger partial charge < -0.3 is 19.5 Å². The molecule has 0 heterocycles. The van der Waals surface area contributed by atoms with Gasteiger partial charge in [-0.25, -0.2) is 0 Å². The summed E-state index contributed by atoms with van der Waals surface area (Å²) < 4.78 is 52.8. The van der Waals surface area contributed by atoms with Crippen LogP contribution in [0.25, 0.3) is 11.1 Å². The highest BCUT2D eigenvalue weighted by Crippen LogP contribution is 2.41. The summed E-state index contributed by atoms with van der Waals surface area (Å²) >= 11 is 0. The predicted molar refractivity (Wildman–Crippen MR) is 117 cm³/mol. The van der Waals surface area contributed by atoms with Gasteiger partial charge in [-0.05, 0) is 60.2 Å². The van der Waals surface area contributed by atoms with Crippen molar-refractivity contribution in [3.05, 3.63) is 47.0 Å². The van der Waals surface area contributed by atoms with Crippen LogP contribution in [0, 0.1) is 6.92 Å². The van der Waals surface area contributed by atoms with Gasteiger partial charge in [-0.3, -0.25) is 9.59 Å². The van der Waals surface area contributed by atoms with E-state index >= 15 is 0 Å².